The van der Waals surface area contributed by atoms with Crippen LogP contribution in [-0.2, 0) is 6.61 Å². The van der Waals surface area contributed by atoms with Crippen LogP contribution < -0.4 is 4.74 Å². The molecule has 0 heterocycles. The van der Waals surface area contributed by atoms with Gasteiger partial charge in [0.1, 0.15) is 18.2 Å². The Morgan fingerprint density at radius 1 is 1.17 bits per heavy atom. The largest absolute Gasteiger partial charge is 0.489 e. The fourth-order valence-corrected chi connectivity index (χ4v) is 1.53. The van der Waals surface area contributed by atoms with Crippen molar-refractivity contribution in [1.29, 1.82) is 5.26 Å². The predicted molar refractivity (Wildman–Crippen MR) is 66.9 cm³/mol. The van der Waals surface area contributed by atoms with Gasteiger partial charge in [0.2, 0.25) is 0 Å². The number of nitrogens with zero attached hydrogens (tertiary/aromatic N) is 1. The van der Waals surface area contributed by atoms with Crippen LogP contribution in [0, 0.1) is 17.1 Å². The zero-order valence-corrected chi connectivity index (χ0v) is 10.1. The van der Waals surface area contributed by atoms with Crippen molar-refractivity contribution in [2.75, 3.05) is 0 Å². The first-order valence-electron chi connectivity index (χ1n) is 5.26. The summed E-state index contributed by atoms with van der Waals surface area (Å²) in [7, 11) is 0. The molecule has 0 bridgehead atoms. The third-order valence-corrected chi connectivity index (χ3v) is 2.69. The molecule has 0 radical (unpaired) electrons. The van der Waals surface area contributed by atoms with Crippen molar-refractivity contribution in [2.45, 2.75) is 6.61 Å². The molecule has 90 valence electrons. The van der Waals surface area contributed by atoms with Crippen molar-refractivity contribution in [3.63, 3.8) is 0 Å². The van der Waals surface area contributed by atoms with Crippen molar-refractivity contribution in [3.8, 4) is 11.8 Å². The van der Waals surface area contributed by atoms with Crippen molar-refractivity contribution in [1.82, 2.24) is 0 Å². The molecule has 2 aromatic rings. The summed E-state index contributed by atoms with van der Waals surface area (Å²) in [5.74, 6) is -0.0877. The fraction of sp³-hybridized carbons (Fsp3) is 0.0714. The molecular weight excluding hydrogens is 253 g/mol. The lowest BCUT2D eigenvalue weighted by Crippen LogP contribution is -1.95. The normalized spacial score (nSPS) is 9.83. The molecule has 18 heavy (non-hydrogen) atoms. The van der Waals surface area contributed by atoms with E-state index in [1.54, 1.807) is 30.3 Å². The number of nitriles is 1. The first kappa shape index (κ1) is 12.4. The average Bonchev–Trinajstić information content (AvgIpc) is 2.41. The molecule has 0 saturated carbocycles. The van der Waals surface area contributed by atoms with Crippen molar-refractivity contribution in [2.24, 2.45) is 0 Å². The number of ether oxygens (including phenoxy) is 1. The van der Waals surface area contributed by atoms with Crippen molar-refractivity contribution < 1.29 is 9.13 Å². The number of halogens is 2. The third kappa shape index (κ3) is 2.99. The zero-order valence-electron chi connectivity index (χ0n) is 9.36. The van der Waals surface area contributed by atoms with Crippen LogP contribution in [0.5, 0.6) is 5.75 Å². The van der Waals surface area contributed by atoms with Gasteiger partial charge in [0, 0.05) is 6.07 Å². The monoisotopic (exact) mass is 261 g/mol. The van der Waals surface area contributed by atoms with E-state index in [0.29, 0.717) is 17.9 Å². The van der Waals surface area contributed by atoms with Crippen molar-refractivity contribution in [3.05, 3.63) is 64.4 Å². The average molecular weight is 262 g/mol. The summed E-state index contributed by atoms with van der Waals surface area (Å²) in [6, 6.07) is 13.3. The van der Waals surface area contributed by atoms with Gasteiger partial charge in [-0.15, -0.1) is 0 Å². The summed E-state index contributed by atoms with van der Waals surface area (Å²) in [4.78, 5) is 0. The molecule has 0 spiro atoms. The first-order chi connectivity index (χ1) is 8.69. The van der Waals surface area contributed by atoms with E-state index >= 15 is 0 Å². The van der Waals surface area contributed by atoms with Gasteiger partial charge in [-0.3, -0.25) is 0 Å². The van der Waals surface area contributed by atoms with Crippen LogP contribution in [0.1, 0.15) is 11.1 Å². The van der Waals surface area contributed by atoms with E-state index in [1.807, 2.05) is 6.07 Å². The number of hydrogen-bond donors (Lipinski definition) is 0. The van der Waals surface area contributed by atoms with Gasteiger partial charge in [-0.2, -0.15) is 5.26 Å². The minimum absolute atomic E-state index is 0.0701. The van der Waals surface area contributed by atoms with Gasteiger partial charge in [0.05, 0.1) is 16.7 Å². The highest BCUT2D eigenvalue weighted by atomic mass is 35.5. The lowest BCUT2D eigenvalue weighted by molar-refractivity contribution is 0.304. The summed E-state index contributed by atoms with van der Waals surface area (Å²) in [5, 5.41) is 8.73. The SMILES string of the molecule is N#Cc1ccc(COc2ccc(Cl)c(F)c2)cc1. The van der Waals surface area contributed by atoms with Gasteiger partial charge in [-0.1, -0.05) is 23.7 Å². The Labute approximate surface area is 109 Å². The van der Waals surface area contributed by atoms with E-state index in [2.05, 4.69) is 0 Å². The Kier molecular flexibility index (Phi) is 3.81. The van der Waals surface area contributed by atoms with Gasteiger partial charge in [0.15, 0.2) is 0 Å². The highest BCUT2D eigenvalue weighted by Crippen LogP contribution is 2.21. The topological polar surface area (TPSA) is 33.0 Å². The summed E-state index contributed by atoms with van der Waals surface area (Å²) >= 11 is 5.57. The van der Waals surface area contributed by atoms with E-state index in [9.17, 15) is 4.39 Å². The molecule has 0 fully saturated rings. The maximum atomic E-state index is 13.2. The fourth-order valence-electron chi connectivity index (χ4n) is 1.41. The summed E-state index contributed by atoms with van der Waals surface area (Å²) in [5.41, 5.74) is 1.50. The number of hydrogen-bond acceptors (Lipinski definition) is 2. The quantitative estimate of drug-likeness (QED) is 0.839. The van der Waals surface area contributed by atoms with Gasteiger partial charge in [0.25, 0.3) is 0 Å². The second-order valence-electron chi connectivity index (χ2n) is 3.67. The zero-order chi connectivity index (χ0) is 13.0. The molecule has 0 aliphatic heterocycles. The number of benzene rings is 2. The summed E-state index contributed by atoms with van der Waals surface area (Å²) in [6.07, 6.45) is 0. The van der Waals surface area contributed by atoms with Crippen molar-refractivity contribution >= 4 is 11.6 Å². The van der Waals surface area contributed by atoms with E-state index in [1.165, 1.54) is 12.1 Å². The molecule has 0 atom stereocenters. The predicted octanol–water partition coefficient (Wildman–Crippen LogP) is 3.93. The Bertz CT molecular complexity index is 590. The smallest absolute Gasteiger partial charge is 0.145 e. The molecule has 2 rings (SSSR count). The molecule has 2 nitrogen and oxygen atoms in total. The van der Waals surface area contributed by atoms with Crippen LogP contribution in [0.4, 0.5) is 4.39 Å². The van der Waals surface area contributed by atoms with E-state index < -0.39 is 5.82 Å². The molecule has 0 saturated heterocycles. The van der Waals surface area contributed by atoms with Gasteiger partial charge in [-0.25, -0.2) is 4.39 Å². The molecule has 2 aromatic carbocycles. The Morgan fingerprint density at radius 2 is 1.89 bits per heavy atom. The van der Waals surface area contributed by atoms with Crippen LogP contribution in [-0.4, -0.2) is 0 Å². The van der Waals surface area contributed by atoms with E-state index in [0.717, 1.165) is 5.56 Å². The minimum atomic E-state index is -0.506. The molecule has 0 aliphatic rings. The lowest BCUT2D eigenvalue weighted by atomic mass is 10.2. The standard InChI is InChI=1S/C14H9ClFNO/c15-13-6-5-12(7-14(13)16)18-9-11-3-1-10(8-17)2-4-11/h1-7H,9H2. The Balaban J connectivity index is 2.02. The van der Waals surface area contributed by atoms with E-state index in [-0.39, 0.29) is 5.02 Å². The van der Waals surface area contributed by atoms with Crippen LogP contribution in [0.25, 0.3) is 0 Å². The maximum absolute atomic E-state index is 13.2. The second-order valence-corrected chi connectivity index (χ2v) is 4.08. The summed E-state index contributed by atoms with van der Waals surface area (Å²) in [6.45, 7) is 0.312. The van der Waals surface area contributed by atoms with Gasteiger partial charge in [-0.05, 0) is 29.8 Å². The van der Waals surface area contributed by atoms with E-state index in [4.69, 9.17) is 21.6 Å². The first-order valence-corrected chi connectivity index (χ1v) is 5.64. The molecule has 0 aliphatic carbocycles. The highest BCUT2D eigenvalue weighted by Gasteiger charge is 2.02. The van der Waals surface area contributed by atoms with Crippen LogP contribution >= 0.6 is 11.6 Å². The molecule has 0 amide bonds. The third-order valence-electron chi connectivity index (χ3n) is 2.38. The molecule has 4 heteroatoms. The summed E-state index contributed by atoms with van der Waals surface area (Å²) < 4.78 is 18.6. The molecule has 0 aromatic heterocycles. The highest BCUT2D eigenvalue weighted by molar-refractivity contribution is 6.30. The van der Waals surface area contributed by atoms with Crippen LogP contribution in [0.2, 0.25) is 5.02 Å². The molecular formula is C14H9ClFNO. The molecule has 0 unspecified atom stereocenters. The minimum Gasteiger partial charge on any atom is -0.489 e. The van der Waals surface area contributed by atoms with Gasteiger partial charge < -0.3 is 4.74 Å². The van der Waals surface area contributed by atoms with Crippen LogP contribution in [0.15, 0.2) is 42.5 Å². The lowest BCUT2D eigenvalue weighted by Gasteiger charge is -2.06. The maximum Gasteiger partial charge on any atom is 0.145 e. The van der Waals surface area contributed by atoms with Gasteiger partial charge >= 0.3 is 0 Å². The Morgan fingerprint density at radius 3 is 2.50 bits per heavy atom. The molecule has 0 N–H and O–H groups in total. The Hall–Kier alpha value is -2.05. The van der Waals surface area contributed by atoms with Crippen LogP contribution in [0.3, 0.4) is 0 Å². The number of rotatable bonds is 3. The second kappa shape index (κ2) is 5.52.